The maximum Gasteiger partial charge on any atom is 0.488 e. The predicted molar refractivity (Wildman–Crippen MR) is 76.4 cm³/mol. The van der Waals surface area contributed by atoms with Crippen LogP contribution in [0.25, 0.3) is 0 Å². The zero-order chi connectivity index (χ0) is 14.0. The van der Waals surface area contributed by atoms with E-state index in [1.807, 2.05) is 23.7 Å². The highest BCUT2D eigenvalue weighted by molar-refractivity contribution is 6.59. The first-order valence-electron chi connectivity index (χ1n) is 6.51. The number of aromatic nitrogens is 2. The second kappa shape index (κ2) is 5.59. The summed E-state index contributed by atoms with van der Waals surface area (Å²) in [6.45, 7) is 6.74. The van der Waals surface area contributed by atoms with Crippen LogP contribution >= 0.6 is 0 Å². The van der Waals surface area contributed by atoms with Crippen molar-refractivity contribution >= 4 is 12.6 Å². The molecule has 5 heteroatoms. The van der Waals surface area contributed by atoms with E-state index in [2.05, 4.69) is 18.9 Å². The minimum atomic E-state index is -1.45. The van der Waals surface area contributed by atoms with E-state index in [-0.39, 0.29) is 0 Å². The summed E-state index contributed by atoms with van der Waals surface area (Å²) in [6, 6.07) is 7.33. The highest BCUT2D eigenvalue weighted by Crippen LogP contribution is 2.14. The van der Waals surface area contributed by atoms with Crippen molar-refractivity contribution in [3.63, 3.8) is 0 Å². The monoisotopic (exact) mass is 258 g/mol. The van der Waals surface area contributed by atoms with Crippen LogP contribution in [0.3, 0.4) is 0 Å². The lowest BCUT2D eigenvalue weighted by Crippen LogP contribution is -2.33. The summed E-state index contributed by atoms with van der Waals surface area (Å²) in [5.74, 6) is 0. The van der Waals surface area contributed by atoms with Gasteiger partial charge in [0.2, 0.25) is 0 Å². The molecule has 0 saturated heterocycles. The van der Waals surface area contributed by atoms with E-state index in [1.165, 1.54) is 5.56 Å². The van der Waals surface area contributed by atoms with E-state index in [0.29, 0.717) is 12.0 Å². The fourth-order valence-corrected chi connectivity index (χ4v) is 2.49. The van der Waals surface area contributed by atoms with Gasteiger partial charge >= 0.3 is 7.12 Å². The fourth-order valence-electron chi connectivity index (χ4n) is 2.49. The molecule has 0 aliphatic carbocycles. The lowest BCUT2D eigenvalue weighted by molar-refractivity contribution is 0.425. The molecule has 0 bridgehead atoms. The lowest BCUT2D eigenvalue weighted by atomic mass is 9.77. The molecular formula is C14H19BN2O2. The molecule has 0 spiro atoms. The van der Waals surface area contributed by atoms with Crippen molar-refractivity contribution < 1.29 is 10.0 Å². The molecular weight excluding hydrogens is 239 g/mol. The predicted octanol–water partition coefficient (Wildman–Crippen LogP) is 0.790. The number of aryl methyl sites for hydroxylation is 1. The molecule has 0 amide bonds. The molecule has 0 radical (unpaired) electrons. The average Bonchev–Trinajstić information content (AvgIpc) is 2.64. The van der Waals surface area contributed by atoms with E-state index >= 15 is 0 Å². The largest absolute Gasteiger partial charge is 0.488 e. The molecule has 4 nitrogen and oxygen atoms in total. The number of rotatable bonds is 4. The van der Waals surface area contributed by atoms with Gasteiger partial charge in [0.05, 0.1) is 12.2 Å². The van der Waals surface area contributed by atoms with Crippen molar-refractivity contribution in [2.75, 3.05) is 0 Å². The smallest absolute Gasteiger partial charge is 0.423 e. The summed E-state index contributed by atoms with van der Waals surface area (Å²) in [7, 11) is -1.45. The van der Waals surface area contributed by atoms with E-state index in [0.717, 1.165) is 23.4 Å². The summed E-state index contributed by atoms with van der Waals surface area (Å²) in [5, 5.41) is 23.3. The molecule has 0 saturated carbocycles. The molecule has 2 rings (SSSR count). The van der Waals surface area contributed by atoms with Crippen LogP contribution in [0.2, 0.25) is 0 Å². The molecule has 19 heavy (non-hydrogen) atoms. The van der Waals surface area contributed by atoms with E-state index in [9.17, 15) is 10.0 Å². The van der Waals surface area contributed by atoms with Crippen LogP contribution in [0.4, 0.5) is 0 Å². The minimum Gasteiger partial charge on any atom is -0.423 e. The van der Waals surface area contributed by atoms with Crippen LogP contribution < -0.4 is 5.46 Å². The first-order chi connectivity index (χ1) is 9.04. The number of nitrogens with zero attached hydrogens (tertiary/aromatic N) is 2. The van der Waals surface area contributed by atoms with Gasteiger partial charge in [0.15, 0.2) is 0 Å². The van der Waals surface area contributed by atoms with Crippen LogP contribution in [0.15, 0.2) is 24.3 Å². The van der Waals surface area contributed by atoms with E-state index < -0.39 is 7.12 Å². The molecule has 1 heterocycles. The maximum absolute atomic E-state index is 9.38. The summed E-state index contributed by atoms with van der Waals surface area (Å²) in [6.07, 6.45) is 0.960. The van der Waals surface area contributed by atoms with Crippen molar-refractivity contribution in [3.05, 3.63) is 46.8 Å². The lowest BCUT2D eigenvalue weighted by Gasteiger charge is -2.10. The first-order valence-corrected chi connectivity index (χ1v) is 6.51. The molecule has 1 aromatic carbocycles. The van der Waals surface area contributed by atoms with Gasteiger partial charge in [0.1, 0.15) is 0 Å². The highest BCUT2D eigenvalue weighted by Gasteiger charge is 2.17. The molecule has 0 aliphatic heterocycles. The molecule has 0 unspecified atom stereocenters. The Morgan fingerprint density at radius 2 is 1.89 bits per heavy atom. The Balaban J connectivity index is 2.37. The van der Waals surface area contributed by atoms with Gasteiger partial charge in [-0.05, 0) is 36.9 Å². The van der Waals surface area contributed by atoms with Crippen LogP contribution in [-0.4, -0.2) is 26.9 Å². The third kappa shape index (κ3) is 2.72. The summed E-state index contributed by atoms with van der Waals surface area (Å²) < 4.78 is 1.93. The Kier molecular flexibility index (Phi) is 4.07. The Morgan fingerprint density at radius 3 is 2.47 bits per heavy atom. The summed E-state index contributed by atoms with van der Waals surface area (Å²) in [4.78, 5) is 0. The Labute approximate surface area is 113 Å². The standard InChI is InChI=1S/C14H19BN2O2/c1-4-13-10(2)16-17(11(13)3)9-12-7-5-6-8-14(12)15(18)19/h5-8,18-19H,4,9H2,1-3H3. The topological polar surface area (TPSA) is 58.3 Å². The van der Waals surface area contributed by atoms with Gasteiger partial charge in [0.25, 0.3) is 0 Å². The number of hydrogen-bond acceptors (Lipinski definition) is 3. The molecule has 1 aromatic heterocycles. The first kappa shape index (κ1) is 13.8. The van der Waals surface area contributed by atoms with Gasteiger partial charge in [-0.25, -0.2) is 0 Å². The normalized spacial score (nSPS) is 10.8. The van der Waals surface area contributed by atoms with E-state index in [1.54, 1.807) is 12.1 Å². The summed E-state index contributed by atoms with van der Waals surface area (Å²) in [5.41, 5.74) is 4.87. The highest BCUT2D eigenvalue weighted by atomic mass is 16.4. The fraction of sp³-hybridized carbons (Fsp3) is 0.357. The Hall–Kier alpha value is -1.59. The van der Waals surface area contributed by atoms with Gasteiger partial charge in [-0.15, -0.1) is 0 Å². The Morgan fingerprint density at radius 1 is 1.21 bits per heavy atom. The van der Waals surface area contributed by atoms with Crippen molar-refractivity contribution in [2.45, 2.75) is 33.7 Å². The van der Waals surface area contributed by atoms with Crippen LogP contribution in [-0.2, 0) is 13.0 Å². The zero-order valence-electron chi connectivity index (χ0n) is 11.6. The van der Waals surface area contributed by atoms with Crippen molar-refractivity contribution in [1.82, 2.24) is 9.78 Å². The quantitative estimate of drug-likeness (QED) is 0.797. The van der Waals surface area contributed by atoms with Crippen LogP contribution in [0.1, 0.15) is 29.4 Å². The molecule has 100 valence electrons. The second-order valence-electron chi connectivity index (χ2n) is 4.73. The van der Waals surface area contributed by atoms with Gasteiger partial charge in [-0.2, -0.15) is 5.10 Å². The third-order valence-electron chi connectivity index (χ3n) is 3.54. The molecule has 2 N–H and O–H groups in total. The van der Waals surface area contributed by atoms with Gasteiger partial charge in [-0.3, -0.25) is 4.68 Å². The molecule has 0 aliphatic rings. The average molecular weight is 258 g/mol. The molecule has 0 atom stereocenters. The molecule has 0 fully saturated rings. The third-order valence-corrected chi connectivity index (χ3v) is 3.54. The maximum atomic E-state index is 9.38. The van der Waals surface area contributed by atoms with Crippen molar-refractivity contribution in [3.8, 4) is 0 Å². The van der Waals surface area contributed by atoms with Crippen molar-refractivity contribution in [1.29, 1.82) is 0 Å². The zero-order valence-corrected chi connectivity index (χ0v) is 11.6. The van der Waals surface area contributed by atoms with E-state index in [4.69, 9.17) is 0 Å². The second-order valence-corrected chi connectivity index (χ2v) is 4.73. The van der Waals surface area contributed by atoms with Gasteiger partial charge in [-0.1, -0.05) is 31.2 Å². The number of benzene rings is 1. The number of hydrogen-bond donors (Lipinski definition) is 2. The van der Waals surface area contributed by atoms with Gasteiger partial charge in [0, 0.05) is 5.69 Å². The van der Waals surface area contributed by atoms with Gasteiger partial charge < -0.3 is 10.0 Å². The molecule has 2 aromatic rings. The van der Waals surface area contributed by atoms with Crippen LogP contribution in [0.5, 0.6) is 0 Å². The summed E-state index contributed by atoms with van der Waals surface area (Å²) >= 11 is 0. The minimum absolute atomic E-state index is 0.535. The SMILES string of the molecule is CCc1c(C)nn(Cc2ccccc2B(O)O)c1C. The van der Waals surface area contributed by atoms with Crippen LogP contribution in [0, 0.1) is 13.8 Å². The van der Waals surface area contributed by atoms with Crippen molar-refractivity contribution in [2.24, 2.45) is 0 Å². The Bertz CT molecular complexity index is 579.